The van der Waals surface area contributed by atoms with Crippen molar-refractivity contribution in [2.75, 3.05) is 6.61 Å². The molecule has 8 atom stereocenters. The highest BCUT2D eigenvalue weighted by Gasteiger charge is 2.92. The molecule has 3 aliphatic heterocycles. The van der Waals surface area contributed by atoms with Crippen LogP contribution < -0.4 is 0 Å². The summed E-state index contributed by atoms with van der Waals surface area (Å²) in [6.07, 6.45) is -0.819. The van der Waals surface area contributed by atoms with Crippen molar-refractivity contribution < 1.29 is 28.9 Å². The average molecular weight is 294 g/mol. The molecule has 2 saturated carbocycles. The molecule has 3 saturated heterocycles. The van der Waals surface area contributed by atoms with E-state index in [-0.39, 0.29) is 36.3 Å². The lowest BCUT2D eigenvalue weighted by molar-refractivity contribution is -0.346. The molecule has 5 rings (SSSR count). The van der Waals surface area contributed by atoms with Crippen LogP contribution >= 0.6 is 0 Å². The molecule has 0 amide bonds. The van der Waals surface area contributed by atoms with E-state index in [2.05, 4.69) is 0 Å². The number of ketones is 2. The van der Waals surface area contributed by atoms with Gasteiger partial charge in [0, 0.05) is 12.3 Å². The summed E-state index contributed by atoms with van der Waals surface area (Å²) in [7, 11) is 0. The molecule has 6 heteroatoms. The second-order valence-corrected chi connectivity index (χ2v) is 7.29. The number of hydrogen-bond acceptors (Lipinski definition) is 6. The molecule has 8 unspecified atom stereocenters. The number of Topliss-reactive ketones (excluding diaryl/α,β-unsaturated/α-hetero) is 2. The Morgan fingerprint density at radius 2 is 2.00 bits per heavy atom. The largest absolute Gasteiger partial charge is 0.390 e. The first-order valence-electron chi connectivity index (χ1n) is 7.65. The Hall–Kier alpha value is -0.820. The standard InChI is InChI=1S/C15H18O6/c1-6-3-9-13(11(18)10(6)17)5-19-14(13)4-8(16)12(20-9)15(14)7(2)21-15/h6-9,12,16H,3-5H2,1-2H3. The van der Waals surface area contributed by atoms with Crippen LogP contribution in [0.1, 0.15) is 26.7 Å². The first-order chi connectivity index (χ1) is 9.91. The minimum Gasteiger partial charge on any atom is -0.390 e. The maximum Gasteiger partial charge on any atom is 0.212 e. The fourth-order valence-electron chi connectivity index (χ4n) is 5.52. The third-order valence-electron chi connectivity index (χ3n) is 6.59. The van der Waals surface area contributed by atoms with Gasteiger partial charge in [0.2, 0.25) is 11.6 Å². The number of ether oxygens (including phenoxy) is 3. The van der Waals surface area contributed by atoms with E-state index < -0.39 is 28.8 Å². The highest BCUT2D eigenvalue weighted by molar-refractivity contribution is 6.41. The molecule has 5 fully saturated rings. The predicted molar refractivity (Wildman–Crippen MR) is 67.5 cm³/mol. The van der Waals surface area contributed by atoms with Crippen LogP contribution in [-0.2, 0) is 23.8 Å². The van der Waals surface area contributed by atoms with Gasteiger partial charge in [-0.2, -0.15) is 0 Å². The Morgan fingerprint density at radius 1 is 1.29 bits per heavy atom. The monoisotopic (exact) mass is 294 g/mol. The normalized spacial score (nSPS) is 64.0. The number of carbonyl (C=O) groups excluding carboxylic acids is 2. The summed E-state index contributed by atoms with van der Waals surface area (Å²) in [5, 5.41) is 10.4. The van der Waals surface area contributed by atoms with Crippen molar-refractivity contribution >= 4 is 11.6 Å². The predicted octanol–water partition coefficient (Wildman–Crippen LogP) is -0.391. The van der Waals surface area contributed by atoms with Gasteiger partial charge in [0.1, 0.15) is 17.1 Å². The molecule has 5 aliphatic rings. The van der Waals surface area contributed by atoms with Crippen molar-refractivity contribution in [2.24, 2.45) is 11.3 Å². The van der Waals surface area contributed by atoms with Gasteiger partial charge in [0.05, 0.1) is 24.9 Å². The maximum atomic E-state index is 12.8. The summed E-state index contributed by atoms with van der Waals surface area (Å²) >= 11 is 0. The molecule has 114 valence electrons. The van der Waals surface area contributed by atoms with Crippen molar-refractivity contribution in [1.29, 1.82) is 0 Å². The van der Waals surface area contributed by atoms with Crippen LogP contribution in [0.5, 0.6) is 0 Å². The number of rotatable bonds is 0. The number of aliphatic hydroxyl groups excluding tert-OH is 1. The quantitative estimate of drug-likeness (QED) is 0.484. The maximum absolute atomic E-state index is 12.8. The van der Waals surface area contributed by atoms with Crippen molar-refractivity contribution in [3.8, 4) is 0 Å². The van der Waals surface area contributed by atoms with Crippen LogP contribution in [0.4, 0.5) is 0 Å². The van der Waals surface area contributed by atoms with Crippen LogP contribution in [0.15, 0.2) is 0 Å². The number of epoxide rings is 1. The Balaban J connectivity index is 1.71. The molecule has 6 nitrogen and oxygen atoms in total. The lowest BCUT2D eigenvalue weighted by Crippen LogP contribution is -2.82. The first kappa shape index (κ1) is 12.7. The molecule has 0 radical (unpaired) electrons. The fraction of sp³-hybridized carbons (Fsp3) is 0.867. The van der Waals surface area contributed by atoms with E-state index in [4.69, 9.17) is 14.2 Å². The summed E-state index contributed by atoms with van der Waals surface area (Å²) in [6.45, 7) is 3.87. The van der Waals surface area contributed by atoms with E-state index >= 15 is 0 Å². The van der Waals surface area contributed by atoms with Crippen LogP contribution in [0, 0.1) is 11.3 Å². The van der Waals surface area contributed by atoms with Gasteiger partial charge in [-0.15, -0.1) is 0 Å². The molecule has 1 N–H and O–H groups in total. The Kier molecular flexibility index (Phi) is 1.96. The molecular formula is C15H18O6. The van der Waals surface area contributed by atoms with E-state index in [0.29, 0.717) is 12.8 Å². The van der Waals surface area contributed by atoms with Gasteiger partial charge in [0.15, 0.2) is 5.60 Å². The molecule has 3 spiro atoms. The molecular weight excluding hydrogens is 276 g/mol. The zero-order chi connectivity index (χ0) is 14.8. The molecule has 21 heavy (non-hydrogen) atoms. The Morgan fingerprint density at radius 3 is 2.57 bits per heavy atom. The third kappa shape index (κ3) is 0.975. The highest BCUT2D eigenvalue weighted by atomic mass is 16.7. The molecule has 2 bridgehead atoms. The number of hydrogen-bond donors (Lipinski definition) is 1. The number of carbonyl (C=O) groups is 2. The van der Waals surface area contributed by atoms with Gasteiger partial charge in [-0.1, -0.05) is 6.92 Å². The zero-order valence-electron chi connectivity index (χ0n) is 12.0. The summed E-state index contributed by atoms with van der Waals surface area (Å²) in [5.41, 5.74) is -2.58. The van der Waals surface area contributed by atoms with Crippen molar-refractivity contribution in [3.63, 3.8) is 0 Å². The summed E-state index contributed by atoms with van der Waals surface area (Å²) in [5.74, 6) is -1.04. The number of aliphatic hydroxyl groups is 1. The van der Waals surface area contributed by atoms with Crippen molar-refractivity contribution in [3.05, 3.63) is 0 Å². The van der Waals surface area contributed by atoms with Crippen LogP contribution in [0.3, 0.4) is 0 Å². The van der Waals surface area contributed by atoms with Crippen LogP contribution in [0.2, 0.25) is 0 Å². The van der Waals surface area contributed by atoms with E-state index in [1.807, 2.05) is 6.92 Å². The minimum atomic E-state index is -0.949. The Labute approximate surface area is 121 Å². The lowest BCUT2D eigenvalue weighted by atomic mass is 9.51. The van der Waals surface area contributed by atoms with Gasteiger partial charge in [-0.25, -0.2) is 0 Å². The molecule has 3 heterocycles. The van der Waals surface area contributed by atoms with Gasteiger partial charge < -0.3 is 19.3 Å². The van der Waals surface area contributed by atoms with E-state index in [1.165, 1.54) is 0 Å². The van der Waals surface area contributed by atoms with Crippen molar-refractivity contribution in [1.82, 2.24) is 0 Å². The third-order valence-corrected chi connectivity index (χ3v) is 6.59. The topological polar surface area (TPSA) is 85.4 Å². The highest BCUT2D eigenvalue weighted by Crippen LogP contribution is 2.73. The van der Waals surface area contributed by atoms with Gasteiger partial charge >= 0.3 is 0 Å². The zero-order valence-corrected chi connectivity index (χ0v) is 12.0. The molecule has 0 aromatic carbocycles. The van der Waals surface area contributed by atoms with E-state index in [0.717, 1.165) is 0 Å². The second-order valence-electron chi connectivity index (χ2n) is 7.29. The summed E-state index contributed by atoms with van der Waals surface area (Å²) in [4.78, 5) is 25.1. The van der Waals surface area contributed by atoms with E-state index in [9.17, 15) is 14.7 Å². The smallest absolute Gasteiger partial charge is 0.212 e. The molecule has 0 aromatic rings. The molecule has 0 aromatic heterocycles. The molecule has 2 aliphatic carbocycles. The van der Waals surface area contributed by atoms with Crippen LogP contribution in [0.25, 0.3) is 0 Å². The second kappa shape index (κ2) is 3.25. The minimum absolute atomic E-state index is 0.125. The van der Waals surface area contributed by atoms with Gasteiger partial charge in [-0.3, -0.25) is 9.59 Å². The summed E-state index contributed by atoms with van der Waals surface area (Å²) < 4.78 is 17.8. The van der Waals surface area contributed by atoms with E-state index in [1.54, 1.807) is 6.92 Å². The van der Waals surface area contributed by atoms with Gasteiger partial charge in [-0.05, 0) is 13.3 Å². The average Bonchev–Trinajstić information content (AvgIpc) is 3.02. The lowest BCUT2D eigenvalue weighted by Gasteiger charge is -2.64. The van der Waals surface area contributed by atoms with Crippen molar-refractivity contribution in [2.45, 2.75) is 62.3 Å². The summed E-state index contributed by atoms with van der Waals surface area (Å²) in [6, 6.07) is 0. The van der Waals surface area contributed by atoms with Crippen LogP contribution in [-0.4, -0.2) is 58.9 Å². The van der Waals surface area contributed by atoms with Gasteiger partial charge in [0.25, 0.3) is 0 Å². The Bertz CT molecular complexity index is 589. The first-order valence-corrected chi connectivity index (χ1v) is 7.65. The SMILES string of the molecule is CC1CC2OC3C(O)CC4(OCC24C(=O)C1=O)C31OC1C. The fourth-order valence-corrected chi connectivity index (χ4v) is 5.52.